The number of methoxy groups -OCH3 is 2. The van der Waals surface area contributed by atoms with Crippen molar-refractivity contribution in [2.45, 2.75) is 6.54 Å². The fourth-order valence-corrected chi connectivity index (χ4v) is 3.46. The summed E-state index contributed by atoms with van der Waals surface area (Å²) >= 11 is 1.52. The smallest absolute Gasteiger partial charge is 0.204 e. The van der Waals surface area contributed by atoms with Crippen molar-refractivity contribution in [3.63, 3.8) is 0 Å². The summed E-state index contributed by atoms with van der Waals surface area (Å²) in [5.74, 6) is 1.46. The molecule has 2 aromatic heterocycles. The Hall–Kier alpha value is -3.33. The molecule has 9 heteroatoms. The zero-order chi connectivity index (χ0) is 19.5. The molecule has 0 N–H and O–H groups in total. The molecule has 0 spiro atoms. The van der Waals surface area contributed by atoms with E-state index in [0.29, 0.717) is 29.4 Å². The molecule has 0 aliphatic heterocycles. The molecule has 0 radical (unpaired) electrons. The van der Waals surface area contributed by atoms with Crippen molar-refractivity contribution in [3.8, 4) is 33.5 Å². The lowest BCUT2D eigenvalue weighted by Gasteiger charge is -2.08. The largest absolute Gasteiger partial charge is 0.493 e. The molecule has 0 fully saturated rings. The first kappa shape index (κ1) is 18.1. The van der Waals surface area contributed by atoms with E-state index in [1.807, 2.05) is 23.6 Å². The van der Waals surface area contributed by atoms with Gasteiger partial charge in [-0.05, 0) is 47.7 Å². The predicted molar refractivity (Wildman–Crippen MR) is 103 cm³/mol. The summed E-state index contributed by atoms with van der Waals surface area (Å²) in [6.07, 6.45) is 0. The first-order chi connectivity index (χ1) is 13.7. The van der Waals surface area contributed by atoms with Crippen LogP contribution in [0, 0.1) is 5.82 Å². The summed E-state index contributed by atoms with van der Waals surface area (Å²) in [7, 11) is 3.20. The predicted octanol–water partition coefficient (Wildman–Crippen LogP) is 3.67. The number of aromatic nitrogens is 5. The van der Waals surface area contributed by atoms with Gasteiger partial charge < -0.3 is 9.47 Å². The van der Waals surface area contributed by atoms with Gasteiger partial charge in [0, 0.05) is 16.5 Å². The highest BCUT2D eigenvalue weighted by Gasteiger charge is 2.12. The second-order valence-corrected chi connectivity index (χ2v) is 6.72. The van der Waals surface area contributed by atoms with Crippen molar-refractivity contribution in [1.29, 1.82) is 0 Å². The molecule has 0 saturated heterocycles. The molecule has 0 atom stereocenters. The molecule has 2 aromatic carbocycles. The molecule has 0 saturated carbocycles. The molecular formula is C19H16FN5O2S. The number of rotatable bonds is 6. The Morgan fingerprint density at radius 2 is 1.75 bits per heavy atom. The van der Waals surface area contributed by atoms with Crippen LogP contribution in [0.5, 0.6) is 11.5 Å². The van der Waals surface area contributed by atoms with Crippen LogP contribution in [0.25, 0.3) is 22.0 Å². The maximum absolute atomic E-state index is 13.0. The van der Waals surface area contributed by atoms with E-state index in [1.54, 1.807) is 26.4 Å². The Labute approximate surface area is 164 Å². The molecule has 7 nitrogen and oxygen atoms in total. The summed E-state index contributed by atoms with van der Waals surface area (Å²) in [5.41, 5.74) is 2.46. The van der Waals surface area contributed by atoms with Crippen molar-refractivity contribution in [2.75, 3.05) is 14.2 Å². The third-order valence-corrected chi connectivity index (χ3v) is 4.98. The second-order valence-electron chi connectivity index (χ2n) is 5.86. The van der Waals surface area contributed by atoms with Crippen LogP contribution in [-0.4, -0.2) is 39.4 Å². The van der Waals surface area contributed by atoms with Crippen LogP contribution in [0.1, 0.15) is 5.69 Å². The van der Waals surface area contributed by atoms with Gasteiger partial charge in [-0.3, -0.25) is 0 Å². The molecule has 0 bridgehead atoms. The van der Waals surface area contributed by atoms with Gasteiger partial charge in [-0.2, -0.15) is 4.80 Å². The molecule has 142 valence electrons. The van der Waals surface area contributed by atoms with Gasteiger partial charge in [0.15, 0.2) is 11.5 Å². The number of benzene rings is 2. The number of ether oxygens (including phenoxy) is 2. The van der Waals surface area contributed by atoms with E-state index in [4.69, 9.17) is 9.47 Å². The molecule has 0 aliphatic carbocycles. The topological polar surface area (TPSA) is 75.0 Å². The lowest BCUT2D eigenvalue weighted by molar-refractivity contribution is 0.355. The number of tetrazole rings is 1. The maximum atomic E-state index is 13.0. The van der Waals surface area contributed by atoms with Crippen LogP contribution in [0.4, 0.5) is 4.39 Å². The highest BCUT2D eigenvalue weighted by molar-refractivity contribution is 7.13. The number of nitrogens with zero attached hydrogens (tertiary/aromatic N) is 5. The second kappa shape index (κ2) is 7.73. The summed E-state index contributed by atoms with van der Waals surface area (Å²) in [5, 5.41) is 15.2. The van der Waals surface area contributed by atoms with Gasteiger partial charge in [0.1, 0.15) is 17.4 Å². The van der Waals surface area contributed by atoms with Gasteiger partial charge in [-0.1, -0.05) is 0 Å². The van der Waals surface area contributed by atoms with Crippen molar-refractivity contribution in [1.82, 2.24) is 25.2 Å². The van der Waals surface area contributed by atoms with Crippen LogP contribution < -0.4 is 9.47 Å². The van der Waals surface area contributed by atoms with E-state index >= 15 is 0 Å². The van der Waals surface area contributed by atoms with Gasteiger partial charge in [-0.15, -0.1) is 21.5 Å². The summed E-state index contributed by atoms with van der Waals surface area (Å²) in [6, 6.07) is 11.6. The minimum absolute atomic E-state index is 0.304. The lowest BCUT2D eigenvalue weighted by Crippen LogP contribution is -2.04. The average Bonchev–Trinajstić information content (AvgIpc) is 3.38. The van der Waals surface area contributed by atoms with Gasteiger partial charge >= 0.3 is 0 Å². The zero-order valence-electron chi connectivity index (χ0n) is 15.2. The van der Waals surface area contributed by atoms with Crippen LogP contribution >= 0.6 is 11.3 Å². The van der Waals surface area contributed by atoms with Gasteiger partial charge in [-0.25, -0.2) is 9.37 Å². The molecule has 4 aromatic rings. The van der Waals surface area contributed by atoms with Crippen molar-refractivity contribution in [3.05, 3.63) is 59.4 Å². The summed E-state index contributed by atoms with van der Waals surface area (Å²) in [6.45, 7) is 0.387. The minimum atomic E-state index is -0.304. The van der Waals surface area contributed by atoms with E-state index in [-0.39, 0.29) is 5.82 Å². The van der Waals surface area contributed by atoms with Crippen LogP contribution in [0.3, 0.4) is 0 Å². The minimum Gasteiger partial charge on any atom is -0.493 e. The van der Waals surface area contributed by atoms with Gasteiger partial charge in [0.2, 0.25) is 5.82 Å². The lowest BCUT2D eigenvalue weighted by atomic mass is 10.2. The third-order valence-electron chi connectivity index (χ3n) is 4.04. The normalized spacial score (nSPS) is 10.8. The average molecular weight is 397 g/mol. The highest BCUT2D eigenvalue weighted by Crippen LogP contribution is 2.33. The summed E-state index contributed by atoms with van der Waals surface area (Å²) < 4.78 is 23.7. The maximum Gasteiger partial charge on any atom is 0.204 e. The first-order valence-electron chi connectivity index (χ1n) is 8.37. The summed E-state index contributed by atoms with van der Waals surface area (Å²) in [4.78, 5) is 6.11. The Kier molecular flexibility index (Phi) is 4.98. The monoisotopic (exact) mass is 397 g/mol. The molecule has 2 heterocycles. The molecule has 28 heavy (non-hydrogen) atoms. The fraction of sp³-hybridized carbons (Fsp3) is 0.158. The van der Waals surface area contributed by atoms with E-state index in [1.165, 1.54) is 28.3 Å². The number of thiazole rings is 1. The Morgan fingerprint density at radius 1 is 1.00 bits per heavy atom. The molecule has 0 aliphatic rings. The first-order valence-corrected chi connectivity index (χ1v) is 9.25. The zero-order valence-corrected chi connectivity index (χ0v) is 16.0. The van der Waals surface area contributed by atoms with Crippen molar-refractivity contribution in [2.24, 2.45) is 0 Å². The molecular weight excluding hydrogens is 381 g/mol. The van der Waals surface area contributed by atoms with Gasteiger partial charge in [0.25, 0.3) is 0 Å². The number of hydrogen-bond acceptors (Lipinski definition) is 7. The Bertz CT molecular complexity index is 1090. The van der Waals surface area contributed by atoms with Crippen molar-refractivity contribution >= 4 is 11.3 Å². The Balaban J connectivity index is 1.52. The quantitative estimate of drug-likeness (QED) is 0.494. The van der Waals surface area contributed by atoms with E-state index < -0.39 is 0 Å². The van der Waals surface area contributed by atoms with E-state index in [2.05, 4.69) is 20.4 Å². The van der Waals surface area contributed by atoms with Gasteiger partial charge in [0.05, 0.1) is 19.9 Å². The van der Waals surface area contributed by atoms with Crippen LogP contribution in [-0.2, 0) is 6.54 Å². The van der Waals surface area contributed by atoms with Crippen LogP contribution in [0.15, 0.2) is 47.8 Å². The van der Waals surface area contributed by atoms with E-state index in [9.17, 15) is 4.39 Å². The van der Waals surface area contributed by atoms with Crippen LogP contribution in [0.2, 0.25) is 0 Å². The highest BCUT2D eigenvalue weighted by atomic mass is 32.1. The number of hydrogen-bond donors (Lipinski definition) is 0. The third kappa shape index (κ3) is 3.70. The SMILES string of the molecule is COc1ccc(-c2nc(Cn3nnc(-c4ccc(F)cc4)n3)cs2)cc1OC. The van der Waals surface area contributed by atoms with Crippen molar-refractivity contribution < 1.29 is 13.9 Å². The Morgan fingerprint density at radius 3 is 2.50 bits per heavy atom. The fourth-order valence-electron chi connectivity index (χ4n) is 2.65. The molecule has 0 amide bonds. The molecule has 0 unspecified atom stereocenters. The van der Waals surface area contributed by atoms with E-state index in [0.717, 1.165) is 16.3 Å². The number of halogens is 1. The standard InChI is InChI=1S/C19H16FN5O2S/c1-26-16-8-5-13(9-17(16)27-2)19-21-15(11-28-19)10-25-23-18(22-24-25)12-3-6-14(20)7-4-12/h3-9,11H,10H2,1-2H3. The molecule has 4 rings (SSSR count).